The van der Waals surface area contributed by atoms with Gasteiger partial charge in [-0.15, -0.1) is 0 Å². The molecule has 0 aliphatic heterocycles. The molecule has 0 saturated heterocycles. The second-order valence-electron chi connectivity index (χ2n) is 11.3. The molecule has 6 atom stereocenters. The third-order valence-electron chi connectivity index (χ3n) is 8.63. The molecular formula is C24H40N2O3Si. The molecule has 3 saturated carbocycles. The molecule has 0 aromatic rings. The normalized spacial score (nSPS) is 43.6. The maximum atomic E-state index is 6.94. The standard InChI is InChI=1S/C24H40N2O3Si/c1-23-12-10-17(25-27-3)14-16(23)15-20(29-30(5,6)7)22-18-8-9-21(26-28-4)24(18,2)13-11-19(22)23/h14,18-20,22H,8-13,15H2,1-7H3/b25-17+,26-21+. The number of hydrogen-bond donors (Lipinski definition) is 0. The van der Waals surface area contributed by atoms with Crippen LogP contribution in [0.15, 0.2) is 22.0 Å². The maximum Gasteiger partial charge on any atom is 0.184 e. The lowest BCUT2D eigenvalue weighted by atomic mass is 9.46. The first kappa shape index (κ1) is 22.1. The van der Waals surface area contributed by atoms with E-state index in [9.17, 15) is 0 Å². The minimum absolute atomic E-state index is 0.160. The molecule has 0 amide bonds. The van der Waals surface area contributed by atoms with Crippen molar-refractivity contribution in [2.75, 3.05) is 14.2 Å². The van der Waals surface area contributed by atoms with Crippen molar-refractivity contribution in [2.45, 2.75) is 84.5 Å². The summed E-state index contributed by atoms with van der Waals surface area (Å²) in [5.74, 6) is 1.91. The topological polar surface area (TPSA) is 52.4 Å². The summed E-state index contributed by atoms with van der Waals surface area (Å²) >= 11 is 0. The van der Waals surface area contributed by atoms with Gasteiger partial charge in [0.2, 0.25) is 0 Å². The van der Waals surface area contributed by atoms with Crippen molar-refractivity contribution in [1.29, 1.82) is 0 Å². The summed E-state index contributed by atoms with van der Waals surface area (Å²) in [7, 11) is 1.66. The van der Waals surface area contributed by atoms with Crippen LogP contribution in [0.5, 0.6) is 0 Å². The van der Waals surface area contributed by atoms with E-state index in [1.807, 2.05) is 0 Å². The summed E-state index contributed by atoms with van der Waals surface area (Å²) < 4.78 is 6.94. The Hall–Kier alpha value is -1.14. The molecule has 6 unspecified atom stereocenters. The predicted octanol–water partition coefficient (Wildman–Crippen LogP) is 5.78. The third kappa shape index (κ3) is 3.58. The first-order chi connectivity index (χ1) is 14.1. The monoisotopic (exact) mass is 432 g/mol. The number of fused-ring (bicyclic) bond motifs is 5. The molecule has 4 aliphatic rings. The summed E-state index contributed by atoms with van der Waals surface area (Å²) in [5, 5.41) is 8.77. The fraction of sp³-hybridized carbons (Fsp3) is 0.833. The quantitative estimate of drug-likeness (QED) is 0.418. The van der Waals surface area contributed by atoms with Gasteiger partial charge in [0.1, 0.15) is 14.2 Å². The lowest BCUT2D eigenvalue weighted by Gasteiger charge is -2.60. The van der Waals surface area contributed by atoms with E-state index in [1.54, 1.807) is 19.8 Å². The highest BCUT2D eigenvalue weighted by Gasteiger charge is 2.61. The lowest BCUT2D eigenvalue weighted by molar-refractivity contribution is -0.0806. The van der Waals surface area contributed by atoms with Gasteiger partial charge in [0.15, 0.2) is 8.32 Å². The second kappa shape index (κ2) is 7.77. The summed E-state index contributed by atoms with van der Waals surface area (Å²) in [4.78, 5) is 10.4. The number of allylic oxidation sites excluding steroid dienone is 1. The van der Waals surface area contributed by atoms with Crippen molar-refractivity contribution in [1.82, 2.24) is 0 Å². The molecule has 0 aromatic carbocycles. The fourth-order valence-corrected chi connectivity index (χ4v) is 8.47. The number of oxime groups is 2. The highest BCUT2D eigenvalue weighted by molar-refractivity contribution is 6.69. The summed E-state index contributed by atoms with van der Waals surface area (Å²) in [6.45, 7) is 12.0. The smallest absolute Gasteiger partial charge is 0.184 e. The van der Waals surface area contributed by atoms with E-state index in [0.717, 1.165) is 25.0 Å². The minimum atomic E-state index is -1.67. The molecule has 0 radical (unpaired) electrons. The van der Waals surface area contributed by atoms with Gasteiger partial charge < -0.3 is 14.1 Å². The first-order valence-electron chi connectivity index (χ1n) is 11.7. The molecule has 0 spiro atoms. The largest absolute Gasteiger partial charge is 0.414 e. The van der Waals surface area contributed by atoms with Gasteiger partial charge in [-0.3, -0.25) is 0 Å². The van der Waals surface area contributed by atoms with Gasteiger partial charge in [-0.25, -0.2) is 0 Å². The van der Waals surface area contributed by atoms with Crippen molar-refractivity contribution < 1.29 is 14.1 Å². The van der Waals surface area contributed by atoms with Gasteiger partial charge in [0.25, 0.3) is 0 Å². The summed E-state index contributed by atoms with van der Waals surface area (Å²) in [5.41, 5.74) is 4.32. The molecule has 168 valence electrons. The molecule has 5 nitrogen and oxygen atoms in total. The van der Waals surface area contributed by atoms with E-state index in [4.69, 9.17) is 14.1 Å². The van der Waals surface area contributed by atoms with Gasteiger partial charge in [-0.05, 0) is 93.8 Å². The highest BCUT2D eigenvalue weighted by atomic mass is 28.4. The van der Waals surface area contributed by atoms with E-state index in [0.29, 0.717) is 23.9 Å². The molecule has 30 heavy (non-hydrogen) atoms. The summed E-state index contributed by atoms with van der Waals surface area (Å²) in [6, 6.07) is 0. The van der Waals surface area contributed by atoms with Crippen LogP contribution in [-0.4, -0.2) is 40.1 Å². The van der Waals surface area contributed by atoms with Crippen LogP contribution >= 0.6 is 0 Å². The third-order valence-corrected chi connectivity index (χ3v) is 9.64. The average Bonchev–Trinajstić information content (AvgIpc) is 2.99. The van der Waals surface area contributed by atoms with Gasteiger partial charge in [-0.2, -0.15) is 0 Å². The fourth-order valence-electron chi connectivity index (χ4n) is 7.33. The van der Waals surface area contributed by atoms with Gasteiger partial charge in [-0.1, -0.05) is 29.7 Å². The second-order valence-corrected chi connectivity index (χ2v) is 15.8. The number of rotatable bonds is 4. The SMILES string of the molecule is CO/N=C1/C=C2CC(O[Si](C)(C)C)C3C(CCC4(C)/C(=N/OC)CCC34)C2(C)CC1. The molecule has 4 rings (SSSR count). The van der Waals surface area contributed by atoms with E-state index in [2.05, 4.69) is 49.9 Å². The van der Waals surface area contributed by atoms with Crippen LogP contribution in [0.25, 0.3) is 0 Å². The Morgan fingerprint density at radius 1 is 0.933 bits per heavy atom. The van der Waals surface area contributed by atoms with E-state index >= 15 is 0 Å². The average molecular weight is 433 g/mol. The van der Waals surface area contributed by atoms with Crippen LogP contribution in [0, 0.1) is 28.6 Å². The van der Waals surface area contributed by atoms with E-state index in [-0.39, 0.29) is 10.8 Å². The van der Waals surface area contributed by atoms with E-state index < -0.39 is 8.32 Å². The van der Waals surface area contributed by atoms with Crippen LogP contribution in [0.2, 0.25) is 19.6 Å². The van der Waals surface area contributed by atoms with Gasteiger partial charge in [0, 0.05) is 5.41 Å². The molecule has 6 heteroatoms. The molecule has 0 aromatic heterocycles. The zero-order chi connectivity index (χ0) is 21.7. The molecule has 0 heterocycles. The predicted molar refractivity (Wildman–Crippen MR) is 124 cm³/mol. The molecule has 3 fully saturated rings. The Kier molecular flexibility index (Phi) is 5.71. The zero-order valence-electron chi connectivity index (χ0n) is 20.0. The maximum absolute atomic E-state index is 6.94. The van der Waals surface area contributed by atoms with Crippen molar-refractivity contribution in [2.24, 2.45) is 38.9 Å². The van der Waals surface area contributed by atoms with Crippen molar-refractivity contribution in [3.05, 3.63) is 11.6 Å². The van der Waals surface area contributed by atoms with Crippen molar-refractivity contribution in [3.63, 3.8) is 0 Å². The minimum Gasteiger partial charge on any atom is -0.414 e. The molecule has 0 bridgehead atoms. The van der Waals surface area contributed by atoms with Crippen LogP contribution in [0.4, 0.5) is 0 Å². The van der Waals surface area contributed by atoms with Crippen molar-refractivity contribution >= 4 is 19.7 Å². The number of hydrogen-bond acceptors (Lipinski definition) is 5. The Labute approximate surface area is 183 Å². The Balaban J connectivity index is 1.75. The van der Waals surface area contributed by atoms with Crippen LogP contribution < -0.4 is 0 Å². The number of nitrogens with zero attached hydrogens (tertiary/aromatic N) is 2. The Morgan fingerprint density at radius 3 is 2.30 bits per heavy atom. The zero-order valence-corrected chi connectivity index (χ0v) is 21.0. The lowest BCUT2D eigenvalue weighted by Crippen LogP contribution is -2.57. The van der Waals surface area contributed by atoms with Crippen LogP contribution in [0.3, 0.4) is 0 Å². The molecular weight excluding hydrogens is 392 g/mol. The van der Waals surface area contributed by atoms with Gasteiger partial charge >= 0.3 is 0 Å². The van der Waals surface area contributed by atoms with Crippen molar-refractivity contribution in [3.8, 4) is 0 Å². The molecule has 4 aliphatic carbocycles. The summed E-state index contributed by atoms with van der Waals surface area (Å²) in [6.07, 6.45) is 10.6. The molecule has 0 N–H and O–H groups in total. The Morgan fingerprint density at radius 2 is 1.63 bits per heavy atom. The van der Waals surface area contributed by atoms with E-state index in [1.165, 1.54) is 31.4 Å². The first-order valence-corrected chi connectivity index (χ1v) is 15.1. The highest BCUT2D eigenvalue weighted by Crippen LogP contribution is 2.65. The Bertz CT molecular complexity index is 771. The van der Waals surface area contributed by atoms with Gasteiger partial charge in [0.05, 0.1) is 17.5 Å². The van der Waals surface area contributed by atoms with Crippen LogP contribution in [0.1, 0.15) is 58.8 Å². The van der Waals surface area contributed by atoms with Crippen LogP contribution in [-0.2, 0) is 14.1 Å².